The van der Waals surface area contributed by atoms with E-state index in [9.17, 15) is 0 Å². The Morgan fingerprint density at radius 2 is 2.00 bits per heavy atom. The average molecular weight is 260 g/mol. The molecule has 0 aromatic heterocycles. The summed E-state index contributed by atoms with van der Waals surface area (Å²) in [7, 11) is 2.27. The van der Waals surface area contributed by atoms with Gasteiger partial charge in [-0.25, -0.2) is 0 Å². The lowest BCUT2D eigenvalue weighted by Crippen LogP contribution is -2.38. The summed E-state index contributed by atoms with van der Waals surface area (Å²) in [4.78, 5) is 2.53. The highest BCUT2D eigenvalue weighted by Crippen LogP contribution is 2.25. The second-order valence-corrected chi connectivity index (χ2v) is 6.53. The molecule has 1 aromatic carbocycles. The van der Waals surface area contributed by atoms with Gasteiger partial charge in [-0.2, -0.15) is 0 Å². The van der Waals surface area contributed by atoms with Gasteiger partial charge < -0.3 is 10.2 Å². The quantitative estimate of drug-likeness (QED) is 0.869. The van der Waals surface area contributed by atoms with E-state index in [0.717, 1.165) is 18.4 Å². The van der Waals surface area contributed by atoms with Gasteiger partial charge in [0.2, 0.25) is 0 Å². The van der Waals surface area contributed by atoms with E-state index in [4.69, 9.17) is 0 Å². The van der Waals surface area contributed by atoms with Crippen LogP contribution in [0.2, 0.25) is 0 Å². The summed E-state index contributed by atoms with van der Waals surface area (Å²) >= 11 is 0. The van der Waals surface area contributed by atoms with Crippen LogP contribution in [0.1, 0.15) is 32.8 Å². The normalized spacial score (nSPS) is 20.2. The monoisotopic (exact) mass is 260 g/mol. The molecule has 1 heterocycles. The Morgan fingerprint density at radius 1 is 1.26 bits per heavy atom. The van der Waals surface area contributed by atoms with E-state index in [1.54, 1.807) is 0 Å². The molecule has 2 nitrogen and oxygen atoms in total. The molecular weight excluding hydrogens is 232 g/mol. The standard InChI is InChI=1S/C17H28N2/c1-13(2)9-14(3)19(4)12-15-10-16-7-5-6-8-17(16)18-11-15/h5-8,13-15,18H,9-12H2,1-4H3. The molecule has 0 amide bonds. The fourth-order valence-electron chi connectivity index (χ4n) is 3.09. The van der Waals surface area contributed by atoms with E-state index in [1.807, 2.05) is 0 Å². The lowest BCUT2D eigenvalue weighted by molar-refractivity contribution is 0.197. The fourth-order valence-corrected chi connectivity index (χ4v) is 3.09. The van der Waals surface area contributed by atoms with Gasteiger partial charge in [-0.1, -0.05) is 32.0 Å². The highest BCUT2D eigenvalue weighted by Gasteiger charge is 2.21. The first kappa shape index (κ1) is 14.4. The maximum absolute atomic E-state index is 3.57. The number of nitrogens with zero attached hydrogens (tertiary/aromatic N) is 1. The van der Waals surface area contributed by atoms with Crippen LogP contribution in [0, 0.1) is 11.8 Å². The fraction of sp³-hybridized carbons (Fsp3) is 0.647. The van der Waals surface area contributed by atoms with Crippen molar-refractivity contribution in [2.24, 2.45) is 11.8 Å². The minimum Gasteiger partial charge on any atom is -0.384 e. The molecule has 0 spiro atoms. The third kappa shape index (κ3) is 3.97. The largest absolute Gasteiger partial charge is 0.384 e. The summed E-state index contributed by atoms with van der Waals surface area (Å²) in [5.74, 6) is 1.51. The number of nitrogens with one attached hydrogen (secondary N) is 1. The van der Waals surface area contributed by atoms with E-state index >= 15 is 0 Å². The predicted octanol–water partition coefficient (Wildman–Crippen LogP) is 3.64. The second kappa shape index (κ2) is 6.42. The molecular formula is C17H28N2. The van der Waals surface area contributed by atoms with Gasteiger partial charge in [-0.15, -0.1) is 0 Å². The van der Waals surface area contributed by atoms with Crippen molar-refractivity contribution < 1.29 is 0 Å². The van der Waals surface area contributed by atoms with Crippen molar-refractivity contribution in [3.8, 4) is 0 Å². The lowest BCUT2D eigenvalue weighted by atomic mass is 9.93. The number of hydrogen-bond donors (Lipinski definition) is 1. The molecule has 0 radical (unpaired) electrons. The van der Waals surface area contributed by atoms with Crippen molar-refractivity contribution in [1.82, 2.24) is 4.90 Å². The van der Waals surface area contributed by atoms with Gasteiger partial charge in [0.25, 0.3) is 0 Å². The first-order chi connectivity index (χ1) is 9.06. The van der Waals surface area contributed by atoms with E-state index in [0.29, 0.717) is 6.04 Å². The van der Waals surface area contributed by atoms with Gasteiger partial charge in [0, 0.05) is 24.8 Å². The van der Waals surface area contributed by atoms with Gasteiger partial charge in [-0.05, 0) is 50.3 Å². The first-order valence-corrected chi connectivity index (χ1v) is 7.58. The Balaban J connectivity index is 1.88. The van der Waals surface area contributed by atoms with Crippen molar-refractivity contribution in [1.29, 1.82) is 0 Å². The van der Waals surface area contributed by atoms with Crippen LogP contribution in [0.25, 0.3) is 0 Å². The minimum absolute atomic E-state index is 0.678. The van der Waals surface area contributed by atoms with Gasteiger partial charge in [0.1, 0.15) is 0 Å². The van der Waals surface area contributed by atoms with Gasteiger partial charge >= 0.3 is 0 Å². The molecule has 1 N–H and O–H groups in total. The van der Waals surface area contributed by atoms with Crippen molar-refractivity contribution in [3.63, 3.8) is 0 Å². The van der Waals surface area contributed by atoms with Crippen LogP contribution in [0.4, 0.5) is 5.69 Å². The van der Waals surface area contributed by atoms with E-state index in [1.165, 1.54) is 30.6 Å². The first-order valence-electron chi connectivity index (χ1n) is 7.58. The number of hydrogen-bond acceptors (Lipinski definition) is 2. The van der Waals surface area contributed by atoms with Crippen LogP contribution in [0.3, 0.4) is 0 Å². The number of fused-ring (bicyclic) bond motifs is 1. The maximum Gasteiger partial charge on any atom is 0.0372 e. The Bertz CT molecular complexity index is 400. The molecule has 2 unspecified atom stereocenters. The molecule has 0 bridgehead atoms. The van der Waals surface area contributed by atoms with Crippen LogP contribution in [-0.2, 0) is 6.42 Å². The zero-order valence-electron chi connectivity index (χ0n) is 12.8. The summed E-state index contributed by atoms with van der Waals surface area (Å²) in [6.07, 6.45) is 2.50. The molecule has 106 valence electrons. The minimum atomic E-state index is 0.678. The molecule has 2 heteroatoms. The average Bonchev–Trinajstić information content (AvgIpc) is 2.37. The number of benzene rings is 1. The summed E-state index contributed by atoms with van der Waals surface area (Å²) in [6.45, 7) is 9.26. The molecule has 2 rings (SSSR count). The highest BCUT2D eigenvalue weighted by atomic mass is 15.1. The van der Waals surface area contributed by atoms with Crippen molar-refractivity contribution in [3.05, 3.63) is 29.8 Å². The van der Waals surface area contributed by atoms with Crippen LogP contribution in [-0.4, -0.2) is 31.1 Å². The van der Waals surface area contributed by atoms with Gasteiger partial charge in [-0.3, -0.25) is 0 Å². The SMILES string of the molecule is CC(C)CC(C)N(C)CC1CNc2ccccc2C1. The summed E-state index contributed by atoms with van der Waals surface area (Å²) in [6, 6.07) is 9.39. The van der Waals surface area contributed by atoms with E-state index in [2.05, 4.69) is 62.3 Å². The van der Waals surface area contributed by atoms with Crippen LogP contribution < -0.4 is 5.32 Å². The maximum atomic E-state index is 3.57. The summed E-state index contributed by atoms with van der Waals surface area (Å²) in [5, 5.41) is 3.57. The van der Waals surface area contributed by atoms with Crippen molar-refractivity contribution in [2.45, 2.75) is 39.7 Å². The lowest BCUT2D eigenvalue weighted by Gasteiger charge is -2.33. The second-order valence-electron chi connectivity index (χ2n) is 6.53. The van der Waals surface area contributed by atoms with Crippen molar-refractivity contribution >= 4 is 5.69 Å². The Kier molecular flexibility index (Phi) is 4.87. The topological polar surface area (TPSA) is 15.3 Å². The molecule has 1 aliphatic rings. The Labute approximate surface area is 118 Å². The van der Waals surface area contributed by atoms with Gasteiger partial charge in [0.05, 0.1) is 0 Å². The molecule has 0 saturated heterocycles. The molecule has 0 fully saturated rings. The van der Waals surface area contributed by atoms with Crippen molar-refractivity contribution in [2.75, 3.05) is 25.5 Å². The predicted molar refractivity (Wildman–Crippen MR) is 83.7 cm³/mol. The molecule has 19 heavy (non-hydrogen) atoms. The molecule has 0 aliphatic carbocycles. The zero-order chi connectivity index (χ0) is 13.8. The van der Waals surface area contributed by atoms with E-state index in [-0.39, 0.29) is 0 Å². The van der Waals surface area contributed by atoms with Gasteiger partial charge in [0.15, 0.2) is 0 Å². The third-order valence-electron chi connectivity index (χ3n) is 4.22. The Hall–Kier alpha value is -1.02. The van der Waals surface area contributed by atoms with Crippen LogP contribution in [0.15, 0.2) is 24.3 Å². The Morgan fingerprint density at radius 3 is 2.74 bits per heavy atom. The summed E-state index contributed by atoms with van der Waals surface area (Å²) < 4.78 is 0. The number of anilines is 1. The molecule has 2 atom stereocenters. The molecule has 1 aliphatic heterocycles. The van der Waals surface area contributed by atoms with Crippen LogP contribution >= 0.6 is 0 Å². The number of rotatable bonds is 5. The molecule has 0 saturated carbocycles. The highest BCUT2D eigenvalue weighted by molar-refractivity contribution is 5.53. The number of para-hydroxylation sites is 1. The molecule has 1 aromatic rings. The van der Waals surface area contributed by atoms with E-state index < -0.39 is 0 Å². The smallest absolute Gasteiger partial charge is 0.0372 e. The zero-order valence-corrected chi connectivity index (χ0v) is 12.8. The third-order valence-corrected chi connectivity index (χ3v) is 4.22. The summed E-state index contributed by atoms with van der Waals surface area (Å²) in [5.41, 5.74) is 2.81. The van der Waals surface area contributed by atoms with Crippen LogP contribution in [0.5, 0.6) is 0 Å².